The van der Waals surface area contributed by atoms with E-state index in [2.05, 4.69) is 0 Å². The van der Waals surface area contributed by atoms with Crippen LogP contribution in [0.15, 0.2) is 0 Å². The van der Waals surface area contributed by atoms with Gasteiger partial charge in [0.15, 0.2) is 12.2 Å². The Kier molecular flexibility index (Phi) is 3.11. The highest BCUT2D eigenvalue weighted by molar-refractivity contribution is 5.87. The predicted octanol–water partition coefficient (Wildman–Crippen LogP) is 0.343. The van der Waals surface area contributed by atoms with E-state index in [0.717, 1.165) is 0 Å². The summed E-state index contributed by atoms with van der Waals surface area (Å²) < 4.78 is 20.4. The Morgan fingerprint density at radius 2 is 1.25 bits per heavy atom. The second kappa shape index (κ2) is 4.39. The lowest BCUT2D eigenvalue weighted by atomic mass is 10.2. The van der Waals surface area contributed by atoms with Crippen LogP contribution in [0.4, 0.5) is 0 Å². The standard InChI is InChI=1S/C10H14O6/c1-3-5-13-7(9(11)15-5)8-10(12)16-6(4-2)14-8/h5-8H,3-4H2,1-2H3/t5-,6+,7-,8-/m0/s1. The number of carbonyl (C=O) groups is 2. The van der Waals surface area contributed by atoms with Gasteiger partial charge >= 0.3 is 11.9 Å². The lowest BCUT2D eigenvalue weighted by molar-refractivity contribution is -0.148. The molecular weight excluding hydrogens is 216 g/mol. The molecule has 0 amide bonds. The van der Waals surface area contributed by atoms with Gasteiger partial charge in [-0.1, -0.05) is 13.8 Å². The molecule has 0 aromatic heterocycles. The zero-order chi connectivity index (χ0) is 11.7. The Labute approximate surface area is 92.8 Å². The summed E-state index contributed by atoms with van der Waals surface area (Å²) in [7, 11) is 0. The molecule has 0 bridgehead atoms. The van der Waals surface area contributed by atoms with Gasteiger partial charge in [-0.2, -0.15) is 0 Å². The molecule has 0 saturated carbocycles. The molecule has 0 spiro atoms. The lowest BCUT2D eigenvalue weighted by Crippen LogP contribution is -2.36. The molecular formula is C10H14O6. The quantitative estimate of drug-likeness (QED) is 0.651. The second-order valence-electron chi connectivity index (χ2n) is 3.66. The number of rotatable bonds is 3. The number of cyclic esters (lactones) is 2. The van der Waals surface area contributed by atoms with Crippen LogP contribution < -0.4 is 0 Å². The Morgan fingerprint density at radius 3 is 1.50 bits per heavy atom. The van der Waals surface area contributed by atoms with Crippen LogP contribution >= 0.6 is 0 Å². The molecule has 0 radical (unpaired) electrons. The second-order valence-corrected chi connectivity index (χ2v) is 3.66. The highest BCUT2D eigenvalue weighted by Gasteiger charge is 2.49. The van der Waals surface area contributed by atoms with Crippen molar-refractivity contribution in [3.8, 4) is 0 Å². The molecule has 16 heavy (non-hydrogen) atoms. The Bertz CT molecular complexity index is 272. The van der Waals surface area contributed by atoms with Gasteiger partial charge < -0.3 is 18.9 Å². The van der Waals surface area contributed by atoms with Gasteiger partial charge in [-0.05, 0) is 0 Å². The Balaban J connectivity index is 2.03. The fraction of sp³-hybridized carbons (Fsp3) is 0.800. The maximum atomic E-state index is 11.4. The first-order valence-electron chi connectivity index (χ1n) is 5.37. The van der Waals surface area contributed by atoms with Crippen molar-refractivity contribution < 1.29 is 28.5 Å². The normalized spacial score (nSPS) is 38.6. The van der Waals surface area contributed by atoms with Crippen LogP contribution in [0.25, 0.3) is 0 Å². The van der Waals surface area contributed by atoms with Crippen molar-refractivity contribution in [1.29, 1.82) is 0 Å². The first-order chi connectivity index (χ1) is 7.65. The molecule has 0 unspecified atom stereocenters. The predicted molar refractivity (Wildman–Crippen MR) is 50.1 cm³/mol. The zero-order valence-corrected chi connectivity index (χ0v) is 9.17. The van der Waals surface area contributed by atoms with E-state index in [1.807, 2.05) is 13.8 Å². The Hall–Kier alpha value is -1.14. The van der Waals surface area contributed by atoms with E-state index in [4.69, 9.17) is 18.9 Å². The van der Waals surface area contributed by atoms with Gasteiger partial charge in [-0.3, -0.25) is 0 Å². The number of hydrogen-bond acceptors (Lipinski definition) is 6. The van der Waals surface area contributed by atoms with Gasteiger partial charge in [0.2, 0.25) is 12.6 Å². The van der Waals surface area contributed by atoms with Crippen LogP contribution in [-0.2, 0) is 28.5 Å². The molecule has 4 atom stereocenters. The number of carbonyl (C=O) groups excluding carboxylic acids is 2. The minimum Gasteiger partial charge on any atom is -0.434 e. The van der Waals surface area contributed by atoms with Crippen LogP contribution in [0.2, 0.25) is 0 Å². The van der Waals surface area contributed by atoms with E-state index in [-0.39, 0.29) is 0 Å². The van der Waals surface area contributed by atoms with Crippen molar-refractivity contribution in [2.24, 2.45) is 0 Å². The fourth-order valence-electron chi connectivity index (χ4n) is 1.64. The van der Waals surface area contributed by atoms with Crippen molar-refractivity contribution in [3.63, 3.8) is 0 Å². The summed E-state index contributed by atoms with van der Waals surface area (Å²) >= 11 is 0. The number of hydrogen-bond donors (Lipinski definition) is 0. The largest absolute Gasteiger partial charge is 0.434 e. The van der Waals surface area contributed by atoms with Gasteiger partial charge in [-0.25, -0.2) is 9.59 Å². The molecule has 2 aliphatic heterocycles. The van der Waals surface area contributed by atoms with Gasteiger partial charge in [-0.15, -0.1) is 0 Å². The minimum atomic E-state index is -0.992. The topological polar surface area (TPSA) is 71.1 Å². The molecule has 0 aliphatic carbocycles. The van der Waals surface area contributed by atoms with E-state index < -0.39 is 36.7 Å². The first-order valence-corrected chi connectivity index (χ1v) is 5.37. The van der Waals surface area contributed by atoms with Gasteiger partial charge in [0.05, 0.1) is 0 Å². The van der Waals surface area contributed by atoms with Crippen LogP contribution in [0, 0.1) is 0 Å². The molecule has 0 N–H and O–H groups in total. The van der Waals surface area contributed by atoms with Crippen molar-refractivity contribution in [2.45, 2.75) is 51.5 Å². The molecule has 6 heteroatoms. The summed E-state index contributed by atoms with van der Waals surface area (Å²) in [5.41, 5.74) is 0. The van der Waals surface area contributed by atoms with Crippen LogP contribution in [0.5, 0.6) is 0 Å². The van der Waals surface area contributed by atoms with E-state index in [1.54, 1.807) is 0 Å². The third-order valence-corrected chi connectivity index (χ3v) is 2.50. The van der Waals surface area contributed by atoms with Crippen LogP contribution in [-0.4, -0.2) is 36.7 Å². The van der Waals surface area contributed by atoms with Crippen molar-refractivity contribution >= 4 is 11.9 Å². The van der Waals surface area contributed by atoms with Crippen molar-refractivity contribution in [1.82, 2.24) is 0 Å². The summed E-state index contributed by atoms with van der Waals surface area (Å²) in [6.45, 7) is 3.64. The zero-order valence-electron chi connectivity index (χ0n) is 9.17. The van der Waals surface area contributed by atoms with E-state index in [0.29, 0.717) is 12.8 Å². The fourth-order valence-corrected chi connectivity index (χ4v) is 1.64. The van der Waals surface area contributed by atoms with Gasteiger partial charge in [0, 0.05) is 12.8 Å². The SMILES string of the molecule is CC[C@@H]1OC(=O)[C@H]([C@@H]2O[C@@H](CC)OC2=O)O1. The number of ether oxygens (including phenoxy) is 4. The van der Waals surface area contributed by atoms with E-state index in [9.17, 15) is 9.59 Å². The smallest absolute Gasteiger partial charge is 0.341 e. The molecule has 0 aromatic rings. The average molecular weight is 230 g/mol. The van der Waals surface area contributed by atoms with E-state index >= 15 is 0 Å². The third kappa shape index (κ3) is 1.90. The minimum absolute atomic E-state index is 0.543. The van der Waals surface area contributed by atoms with Crippen LogP contribution in [0.1, 0.15) is 26.7 Å². The maximum Gasteiger partial charge on any atom is 0.341 e. The summed E-state index contributed by atoms with van der Waals surface area (Å²) in [6, 6.07) is 0. The molecule has 2 aliphatic rings. The molecule has 6 nitrogen and oxygen atoms in total. The number of esters is 2. The molecule has 2 saturated heterocycles. The molecule has 0 aromatic carbocycles. The summed E-state index contributed by atoms with van der Waals surface area (Å²) in [5.74, 6) is -1.13. The molecule has 2 rings (SSSR count). The molecule has 2 heterocycles. The highest BCUT2D eigenvalue weighted by Crippen LogP contribution is 2.26. The van der Waals surface area contributed by atoms with Crippen molar-refractivity contribution in [2.75, 3.05) is 0 Å². The first kappa shape index (κ1) is 11.3. The molecule has 2 fully saturated rings. The molecule has 90 valence electrons. The lowest BCUT2D eigenvalue weighted by Gasteiger charge is -2.11. The highest BCUT2D eigenvalue weighted by atomic mass is 16.8. The van der Waals surface area contributed by atoms with E-state index in [1.165, 1.54) is 0 Å². The Morgan fingerprint density at radius 1 is 0.875 bits per heavy atom. The van der Waals surface area contributed by atoms with Gasteiger partial charge in [0.25, 0.3) is 0 Å². The third-order valence-electron chi connectivity index (χ3n) is 2.50. The monoisotopic (exact) mass is 230 g/mol. The summed E-state index contributed by atoms with van der Waals surface area (Å²) in [6.07, 6.45) is -2.07. The van der Waals surface area contributed by atoms with Crippen molar-refractivity contribution in [3.05, 3.63) is 0 Å². The van der Waals surface area contributed by atoms with Crippen LogP contribution in [0.3, 0.4) is 0 Å². The summed E-state index contributed by atoms with van der Waals surface area (Å²) in [4.78, 5) is 22.9. The summed E-state index contributed by atoms with van der Waals surface area (Å²) in [5, 5.41) is 0. The van der Waals surface area contributed by atoms with Gasteiger partial charge in [0.1, 0.15) is 0 Å². The average Bonchev–Trinajstić information content (AvgIpc) is 2.81. The maximum absolute atomic E-state index is 11.4.